The van der Waals surface area contributed by atoms with Crippen LogP contribution in [-0.2, 0) is 13.0 Å². The van der Waals surface area contributed by atoms with E-state index in [4.69, 9.17) is 0 Å². The van der Waals surface area contributed by atoms with Gasteiger partial charge in [-0.1, -0.05) is 24.3 Å². The number of hydrogen-bond acceptors (Lipinski definition) is 3. The third-order valence-electron chi connectivity index (χ3n) is 4.79. The molecule has 22 heavy (non-hydrogen) atoms. The molecule has 0 aromatic heterocycles. The van der Waals surface area contributed by atoms with Gasteiger partial charge in [0.25, 0.3) is 0 Å². The highest BCUT2D eigenvalue weighted by molar-refractivity contribution is 5.74. The topological polar surface area (TPSA) is 64.6 Å². The smallest absolute Gasteiger partial charge is 0.317 e. The molecule has 1 aromatic carbocycles. The summed E-state index contributed by atoms with van der Waals surface area (Å²) in [6, 6.07) is 8.71. The minimum Gasteiger partial charge on any atom is -0.390 e. The van der Waals surface area contributed by atoms with Crippen LogP contribution < -0.4 is 10.6 Å². The van der Waals surface area contributed by atoms with E-state index >= 15 is 0 Å². The summed E-state index contributed by atoms with van der Waals surface area (Å²) in [5, 5.41) is 16.4. The summed E-state index contributed by atoms with van der Waals surface area (Å²) >= 11 is 0. The first kappa shape index (κ1) is 15.3. The molecule has 1 unspecified atom stereocenters. The molecule has 3 N–H and O–H groups in total. The third kappa shape index (κ3) is 3.59. The maximum Gasteiger partial charge on any atom is 0.317 e. The maximum absolute atomic E-state index is 12.2. The molecule has 0 saturated carbocycles. The first-order valence-electron chi connectivity index (χ1n) is 8.09. The Balaban J connectivity index is 1.46. The van der Waals surface area contributed by atoms with Gasteiger partial charge in [-0.05, 0) is 37.3 Å². The molecule has 0 spiro atoms. The van der Waals surface area contributed by atoms with Crippen LogP contribution in [0.3, 0.4) is 0 Å². The van der Waals surface area contributed by atoms with Crippen molar-refractivity contribution in [3.63, 3.8) is 0 Å². The van der Waals surface area contributed by atoms with Crippen molar-refractivity contribution in [1.82, 2.24) is 15.5 Å². The monoisotopic (exact) mass is 303 g/mol. The predicted octanol–water partition coefficient (Wildman–Crippen LogP) is 1.26. The molecule has 1 aromatic rings. The Hall–Kier alpha value is -1.59. The van der Waals surface area contributed by atoms with E-state index in [-0.39, 0.29) is 12.1 Å². The second kappa shape index (κ2) is 6.26. The number of rotatable bonds is 2. The summed E-state index contributed by atoms with van der Waals surface area (Å²) in [5.41, 5.74) is 2.10. The van der Waals surface area contributed by atoms with Gasteiger partial charge in [0.1, 0.15) is 0 Å². The van der Waals surface area contributed by atoms with E-state index < -0.39 is 5.60 Å². The van der Waals surface area contributed by atoms with Gasteiger partial charge in [-0.15, -0.1) is 0 Å². The number of likely N-dealkylation sites (tertiary alicyclic amines) is 1. The Labute approximate surface area is 131 Å². The van der Waals surface area contributed by atoms with Gasteiger partial charge >= 0.3 is 6.03 Å². The number of nitrogens with one attached hydrogen (secondary N) is 2. The molecule has 2 aliphatic rings. The fourth-order valence-electron chi connectivity index (χ4n) is 3.18. The molecule has 120 valence electrons. The largest absolute Gasteiger partial charge is 0.390 e. The van der Waals surface area contributed by atoms with Crippen molar-refractivity contribution in [2.24, 2.45) is 0 Å². The lowest BCUT2D eigenvalue weighted by atomic mass is 9.94. The number of urea groups is 1. The summed E-state index contributed by atoms with van der Waals surface area (Å²) in [6.07, 6.45) is 2.25. The number of nitrogens with zero attached hydrogens (tertiary/aromatic N) is 1. The van der Waals surface area contributed by atoms with Gasteiger partial charge in [-0.3, -0.25) is 0 Å². The number of amides is 2. The fraction of sp³-hybridized carbons (Fsp3) is 0.588. The molecule has 1 fully saturated rings. The summed E-state index contributed by atoms with van der Waals surface area (Å²) in [4.78, 5) is 14.0. The summed E-state index contributed by atoms with van der Waals surface area (Å²) in [5.74, 6) is 0. The number of aliphatic hydroxyl groups is 1. The lowest BCUT2D eigenvalue weighted by Gasteiger charge is -2.36. The average molecular weight is 303 g/mol. The average Bonchev–Trinajstić information content (AvgIpc) is 2.52. The highest BCUT2D eigenvalue weighted by Gasteiger charge is 2.29. The highest BCUT2D eigenvalue weighted by atomic mass is 16.3. The van der Waals surface area contributed by atoms with Crippen LogP contribution in [0.2, 0.25) is 0 Å². The standard InChI is InChI=1S/C17H25N3O2/c1-17(22)6-8-20(9-7-17)16(21)19-12-15-10-13-4-2-3-5-14(13)11-18-15/h2-5,15,18,22H,6-12H2,1H3,(H,19,21). The Kier molecular flexibility index (Phi) is 4.36. The quantitative estimate of drug-likeness (QED) is 0.770. The van der Waals surface area contributed by atoms with Crippen LogP contribution in [0.4, 0.5) is 4.79 Å². The molecule has 5 heteroatoms. The molecule has 5 nitrogen and oxygen atoms in total. The van der Waals surface area contributed by atoms with Crippen molar-refractivity contribution in [3.8, 4) is 0 Å². The minimum atomic E-state index is -0.620. The van der Waals surface area contributed by atoms with Crippen molar-refractivity contribution < 1.29 is 9.90 Å². The van der Waals surface area contributed by atoms with E-state index in [2.05, 4.69) is 34.9 Å². The van der Waals surface area contributed by atoms with Crippen LogP contribution >= 0.6 is 0 Å². The maximum atomic E-state index is 12.2. The lowest BCUT2D eigenvalue weighted by Crippen LogP contribution is -2.52. The Morgan fingerprint density at radius 2 is 2.05 bits per heavy atom. The zero-order valence-corrected chi connectivity index (χ0v) is 13.1. The van der Waals surface area contributed by atoms with E-state index in [1.165, 1.54) is 11.1 Å². The summed E-state index contributed by atoms with van der Waals surface area (Å²) < 4.78 is 0. The second-order valence-electron chi connectivity index (χ2n) is 6.72. The fourth-order valence-corrected chi connectivity index (χ4v) is 3.18. The normalized spacial score (nSPS) is 23.7. The molecular formula is C17H25N3O2. The molecule has 0 radical (unpaired) electrons. The van der Waals surface area contributed by atoms with Gasteiger partial charge in [0.05, 0.1) is 5.60 Å². The number of benzene rings is 1. The predicted molar refractivity (Wildman–Crippen MR) is 85.6 cm³/mol. The highest BCUT2D eigenvalue weighted by Crippen LogP contribution is 2.21. The van der Waals surface area contributed by atoms with E-state index in [1.54, 1.807) is 4.90 Å². The molecule has 0 aliphatic carbocycles. The molecule has 2 amide bonds. The zero-order chi connectivity index (χ0) is 15.6. The first-order chi connectivity index (χ1) is 10.5. The van der Waals surface area contributed by atoms with Gasteiger partial charge in [-0.2, -0.15) is 0 Å². The summed E-state index contributed by atoms with van der Waals surface area (Å²) in [6.45, 7) is 4.59. The SMILES string of the molecule is CC1(O)CCN(C(=O)NCC2Cc3ccccc3CN2)CC1. The molecule has 0 bridgehead atoms. The number of piperidine rings is 1. The summed E-state index contributed by atoms with van der Waals surface area (Å²) in [7, 11) is 0. The van der Waals surface area contributed by atoms with Gasteiger partial charge in [0.15, 0.2) is 0 Å². The molecule has 2 aliphatic heterocycles. The molecular weight excluding hydrogens is 278 g/mol. The van der Waals surface area contributed by atoms with Crippen molar-refractivity contribution in [3.05, 3.63) is 35.4 Å². The van der Waals surface area contributed by atoms with Crippen molar-refractivity contribution >= 4 is 6.03 Å². The van der Waals surface area contributed by atoms with Crippen molar-refractivity contribution in [1.29, 1.82) is 0 Å². The van der Waals surface area contributed by atoms with E-state index in [0.717, 1.165) is 13.0 Å². The van der Waals surface area contributed by atoms with E-state index in [0.29, 0.717) is 32.5 Å². The van der Waals surface area contributed by atoms with E-state index in [9.17, 15) is 9.90 Å². The van der Waals surface area contributed by atoms with Crippen molar-refractivity contribution in [2.45, 2.75) is 44.4 Å². The van der Waals surface area contributed by atoms with Gasteiger partial charge in [0.2, 0.25) is 0 Å². The first-order valence-corrected chi connectivity index (χ1v) is 8.09. The number of hydrogen-bond donors (Lipinski definition) is 3. The molecule has 1 saturated heterocycles. The van der Waals surface area contributed by atoms with Crippen LogP contribution in [0.15, 0.2) is 24.3 Å². The molecule has 1 atom stereocenters. The third-order valence-corrected chi connectivity index (χ3v) is 4.79. The van der Waals surface area contributed by atoms with E-state index in [1.807, 2.05) is 6.92 Å². The molecule has 3 rings (SSSR count). The number of fused-ring (bicyclic) bond motifs is 1. The van der Waals surface area contributed by atoms with Crippen LogP contribution in [0.5, 0.6) is 0 Å². The number of carbonyl (C=O) groups excluding carboxylic acids is 1. The van der Waals surface area contributed by atoms with Crippen LogP contribution in [0, 0.1) is 0 Å². The molecule has 2 heterocycles. The second-order valence-corrected chi connectivity index (χ2v) is 6.72. The lowest BCUT2D eigenvalue weighted by molar-refractivity contribution is 0.00435. The van der Waals surface area contributed by atoms with Crippen molar-refractivity contribution in [2.75, 3.05) is 19.6 Å². The Morgan fingerprint density at radius 3 is 2.77 bits per heavy atom. The number of carbonyl (C=O) groups is 1. The van der Waals surface area contributed by atoms with Crippen LogP contribution in [0.1, 0.15) is 30.9 Å². The van der Waals surface area contributed by atoms with Gasteiger partial charge in [-0.25, -0.2) is 4.79 Å². The van der Waals surface area contributed by atoms with Gasteiger partial charge < -0.3 is 20.6 Å². The van der Waals surface area contributed by atoms with Crippen LogP contribution in [0.25, 0.3) is 0 Å². The van der Waals surface area contributed by atoms with Gasteiger partial charge in [0, 0.05) is 32.2 Å². The minimum absolute atomic E-state index is 0.0174. The zero-order valence-electron chi connectivity index (χ0n) is 13.1. The Bertz CT molecular complexity index is 534. The van der Waals surface area contributed by atoms with Crippen LogP contribution in [-0.4, -0.2) is 47.3 Å². The Morgan fingerprint density at radius 1 is 1.36 bits per heavy atom.